The lowest BCUT2D eigenvalue weighted by Gasteiger charge is -2.25. The number of anilines is 2. The van der Waals surface area contributed by atoms with Gasteiger partial charge in [0.15, 0.2) is 0 Å². The second kappa shape index (κ2) is 6.99. The minimum Gasteiger partial charge on any atom is -0.478 e. The zero-order chi connectivity index (χ0) is 14.4. The van der Waals surface area contributed by atoms with Gasteiger partial charge < -0.3 is 20.6 Å². The van der Waals surface area contributed by atoms with E-state index in [1.807, 2.05) is 21.0 Å². The molecule has 0 saturated carbocycles. The predicted molar refractivity (Wildman–Crippen MR) is 78.9 cm³/mol. The molecule has 0 heterocycles. The Morgan fingerprint density at radius 1 is 1.32 bits per heavy atom. The van der Waals surface area contributed by atoms with Gasteiger partial charge in [0.1, 0.15) is 0 Å². The third-order valence-electron chi connectivity index (χ3n) is 3.03. The standard InChI is InChI=1S/C14H23N3O2/c1-4-17(9-5-8-16(2)3)13-10-11(14(18)19)6-7-12(13)15/h6-7,10H,4-5,8-9,15H2,1-3H3,(H,18,19). The normalized spacial score (nSPS) is 10.7. The first kappa shape index (κ1) is 15.3. The Balaban J connectivity index is 2.84. The summed E-state index contributed by atoms with van der Waals surface area (Å²) in [4.78, 5) is 15.3. The van der Waals surface area contributed by atoms with E-state index in [1.54, 1.807) is 12.1 Å². The fourth-order valence-corrected chi connectivity index (χ4v) is 1.98. The molecular formula is C14H23N3O2. The zero-order valence-electron chi connectivity index (χ0n) is 11.9. The molecule has 106 valence electrons. The highest BCUT2D eigenvalue weighted by Crippen LogP contribution is 2.24. The molecule has 5 heteroatoms. The van der Waals surface area contributed by atoms with Crippen LogP contribution in [0.1, 0.15) is 23.7 Å². The first-order valence-electron chi connectivity index (χ1n) is 6.48. The molecule has 0 radical (unpaired) electrons. The SMILES string of the molecule is CCN(CCCN(C)C)c1cc(C(=O)O)ccc1N. The van der Waals surface area contributed by atoms with E-state index in [2.05, 4.69) is 9.80 Å². The van der Waals surface area contributed by atoms with Crippen molar-refractivity contribution in [1.82, 2.24) is 4.90 Å². The van der Waals surface area contributed by atoms with Crippen LogP contribution in [0.2, 0.25) is 0 Å². The Kier molecular flexibility index (Phi) is 5.63. The van der Waals surface area contributed by atoms with Crippen molar-refractivity contribution in [3.63, 3.8) is 0 Å². The molecule has 0 aromatic heterocycles. The van der Waals surface area contributed by atoms with Crippen LogP contribution in [0.25, 0.3) is 0 Å². The highest BCUT2D eigenvalue weighted by Gasteiger charge is 2.11. The van der Waals surface area contributed by atoms with E-state index in [0.29, 0.717) is 5.69 Å². The molecule has 3 N–H and O–H groups in total. The largest absolute Gasteiger partial charge is 0.478 e. The van der Waals surface area contributed by atoms with E-state index < -0.39 is 5.97 Å². The Morgan fingerprint density at radius 3 is 2.53 bits per heavy atom. The minimum atomic E-state index is -0.925. The van der Waals surface area contributed by atoms with E-state index in [9.17, 15) is 4.79 Å². The lowest BCUT2D eigenvalue weighted by molar-refractivity contribution is 0.0697. The van der Waals surface area contributed by atoms with Crippen molar-refractivity contribution in [2.24, 2.45) is 0 Å². The molecule has 0 bridgehead atoms. The number of carbonyl (C=O) groups is 1. The highest BCUT2D eigenvalue weighted by atomic mass is 16.4. The smallest absolute Gasteiger partial charge is 0.335 e. The fourth-order valence-electron chi connectivity index (χ4n) is 1.98. The van der Waals surface area contributed by atoms with Gasteiger partial charge in [0.2, 0.25) is 0 Å². The number of hydrogen-bond donors (Lipinski definition) is 2. The Bertz CT molecular complexity index is 433. The Morgan fingerprint density at radius 2 is 2.00 bits per heavy atom. The first-order chi connectivity index (χ1) is 8.95. The van der Waals surface area contributed by atoms with E-state index >= 15 is 0 Å². The van der Waals surface area contributed by atoms with Crippen LogP contribution >= 0.6 is 0 Å². The second-order valence-electron chi connectivity index (χ2n) is 4.82. The molecule has 0 aliphatic heterocycles. The molecule has 0 aliphatic rings. The molecule has 19 heavy (non-hydrogen) atoms. The molecule has 1 aromatic carbocycles. The van der Waals surface area contributed by atoms with Gasteiger partial charge in [-0.3, -0.25) is 0 Å². The molecule has 0 amide bonds. The van der Waals surface area contributed by atoms with Crippen LogP contribution in [-0.2, 0) is 0 Å². The van der Waals surface area contributed by atoms with Crippen molar-refractivity contribution in [3.8, 4) is 0 Å². The van der Waals surface area contributed by atoms with Gasteiger partial charge in [-0.2, -0.15) is 0 Å². The lowest BCUT2D eigenvalue weighted by Crippen LogP contribution is -2.27. The molecule has 1 aromatic rings. The third-order valence-corrected chi connectivity index (χ3v) is 3.03. The number of carboxylic acid groups (broad SMARTS) is 1. The summed E-state index contributed by atoms with van der Waals surface area (Å²) in [6.45, 7) is 4.71. The maximum Gasteiger partial charge on any atom is 0.335 e. The number of hydrogen-bond acceptors (Lipinski definition) is 4. The quantitative estimate of drug-likeness (QED) is 0.735. The summed E-state index contributed by atoms with van der Waals surface area (Å²) in [5, 5.41) is 9.04. The number of carboxylic acids is 1. The maximum absolute atomic E-state index is 11.0. The van der Waals surface area contributed by atoms with Crippen molar-refractivity contribution < 1.29 is 9.90 Å². The van der Waals surface area contributed by atoms with Crippen LogP contribution in [-0.4, -0.2) is 49.7 Å². The molecule has 0 spiro atoms. The average molecular weight is 265 g/mol. The highest BCUT2D eigenvalue weighted by molar-refractivity contribution is 5.90. The van der Waals surface area contributed by atoms with Gasteiger partial charge in [-0.1, -0.05) is 0 Å². The fraction of sp³-hybridized carbons (Fsp3) is 0.500. The molecular weight excluding hydrogens is 242 g/mol. The second-order valence-corrected chi connectivity index (χ2v) is 4.82. The molecule has 0 saturated heterocycles. The van der Waals surface area contributed by atoms with Crippen molar-refractivity contribution in [3.05, 3.63) is 23.8 Å². The first-order valence-corrected chi connectivity index (χ1v) is 6.48. The number of nitrogens with zero attached hydrogens (tertiary/aromatic N) is 2. The predicted octanol–water partition coefficient (Wildman–Crippen LogP) is 1.75. The summed E-state index contributed by atoms with van der Waals surface area (Å²) in [7, 11) is 4.07. The molecule has 0 atom stereocenters. The van der Waals surface area contributed by atoms with E-state index in [4.69, 9.17) is 10.8 Å². The summed E-state index contributed by atoms with van der Waals surface area (Å²) in [6.07, 6.45) is 1.01. The summed E-state index contributed by atoms with van der Waals surface area (Å²) in [5.41, 5.74) is 7.65. The van der Waals surface area contributed by atoms with Gasteiger partial charge in [0, 0.05) is 13.1 Å². The van der Waals surface area contributed by atoms with E-state index in [0.717, 1.165) is 31.7 Å². The van der Waals surface area contributed by atoms with Crippen LogP contribution in [0.4, 0.5) is 11.4 Å². The van der Waals surface area contributed by atoms with Crippen LogP contribution in [0, 0.1) is 0 Å². The van der Waals surface area contributed by atoms with Crippen molar-refractivity contribution in [2.45, 2.75) is 13.3 Å². The zero-order valence-corrected chi connectivity index (χ0v) is 11.9. The maximum atomic E-state index is 11.0. The van der Waals surface area contributed by atoms with Crippen molar-refractivity contribution >= 4 is 17.3 Å². The molecule has 5 nitrogen and oxygen atoms in total. The molecule has 0 fully saturated rings. The van der Waals surface area contributed by atoms with Gasteiger partial charge in [0.05, 0.1) is 16.9 Å². The lowest BCUT2D eigenvalue weighted by atomic mass is 10.1. The van der Waals surface area contributed by atoms with Crippen LogP contribution in [0.15, 0.2) is 18.2 Å². The van der Waals surface area contributed by atoms with Crippen molar-refractivity contribution in [2.75, 3.05) is 44.4 Å². The number of nitrogen functional groups attached to an aromatic ring is 1. The summed E-state index contributed by atoms with van der Waals surface area (Å²) in [5.74, 6) is -0.925. The average Bonchev–Trinajstić information content (AvgIpc) is 2.35. The number of aromatic carboxylic acids is 1. The number of nitrogens with two attached hydrogens (primary N) is 1. The van der Waals surface area contributed by atoms with E-state index in [-0.39, 0.29) is 5.56 Å². The monoisotopic (exact) mass is 265 g/mol. The van der Waals surface area contributed by atoms with Gasteiger partial charge in [-0.15, -0.1) is 0 Å². The number of rotatable bonds is 7. The molecule has 1 rings (SSSR count). The summed E-state index contributed by atoms with van der Waals surface area (Å²) < 4.78 is 0. The topological polar surface area (TPSA) is 69.8 Å². The third kappa shape index (κ3) is 4.44. The van der Waals surface area contributed by atoms with Gasteiger partial charge in [-0.25, -0.2) is 4.79 Å². The Labute approximate surface area is 114 Å². The number of benzene rings is 1. The molecule has 0 unspecified atom stereocenters. The molecule has 0 aliphatic carbocycles. The summed E-state index contributed by atoms with van der Waals surface area (Å²) in [6, 6.07) is 4.85. The van der Waals surface area contributed by atoms with Gasteiger partial charge in [0.25, 0.3) is 0 Å². The van der Waals surface area contributed by atoms with Crippen molar-refractivity contribution in [1.29, 1.82) is 0 Å². The van der Waals surface area contributed by atoms with Gasteiger partial charge in [-0.05, 0) is 52.2 Å². The van der Waals surface area contributed by atoms with E-state index in [1.165, 1.54) is 6.07 Å². The van der Waals surface area contributed by atoms with Gasteiger partial charge >= 0.3 is 5.97 Å². The van der Waals surface area contributed by atoms with Crippen LogP contribution in [0.5, 0.6) is 0 Å². The van der Waals surface area contributed by atoms with Crippen LogP contribution in [0.3, 0.4) is 0 Å². The summed E-state index contributed by atoms with van der Waals surface area (Å²) >= 11 is 0. The minimum absolute atomic E-state index is 0.273. The van der Waals surface area contributed by atoms with Crippen LogP contribution < -0.4 is 10.6 Å². The Hall–Kier alpha value is -1.75.